The second-order valence-corrected chi connectivity index (χ2v) is 7.09. The molecule has 0 aliphatic heterocycles. The molecule has 1 aromatic heterocycles. The molecule has 1 unspecified atom stereocenters. The lowest BCUT2D eigenvalue weighted by atomic mass is 10.0. The van der Waals surface area contributed by atoms with Crippen LogP contribution >= 0.6 is 0 Å². The number of aromatic nitrogens is 2. The van der Waals surface area contributed by atoms with Crippen molar-refractivity contribution in [3.8, 4) is 0 Å². The van der Waals surface area contributed by atoms with Gasteiger partial charge in [-0.15, -0.1) is 0 Å². The standard InChI is InChI=1S/C19H37N5O/c1-7-9-16(10-11-25)12-21-19(20-8-2)23(5)13-17-14-24(6)22-18(17)15(3)4/h14-16,25H,7-13H2,1-6H3,(H,20,21). The van der Waals surface area contributed by atoms with Crippen LogP contribution in [0.2, 0.25) is 0 Å². The van der Waals surface area contributed by atoms with Gasteiger partial charge >= 0.3 is 0 Å². The van der Waals surface area contributed by atoms with Crippen molar-refractivity contribution in [2.75, 3.05) is 26.7 Å². The van der Waals surface area contributed by atoms with Crippen LogP contribution in [0.3, 0.4) is 0 Å². The van der Waals surface area contributed by atoms with Crippen LogP contribution < -0.4 is 5.32 Å². The van der Waals surface area contributed by atoms with E-state index in [9.17, 15) is 5.11 Å². The van der Waals surface area contributed by atoms with E-state index in [2.05, 4.69) is 56.3 Å². The maximum Gasteiger partial charge on any atom is 0.193 e. The van der Waals surface area contributed by atoms with Crippen molar-refractivity contribution in [3.05, 3.63) is 17.5 Å². The van der Waals surface area contributed by atoms with E-state index in [1.54, 1.807) is 0 Å². The summed E-state index contributed by atoms with van der Waals surface area (Å²) in [5.41, 5.74) is 2.39. The Kier molecular flexibility index (Phi) is 9.57. The molecule has 0 aliphatic carbocycles. The number of aryl methyl sites for hydroxylation is 1. The molecule has 1 heterocycles. The van der Waals surface area contributed by atoms with E-state index in [4.69, 9.17) is 4.99 Å². The first-order valence-corrected chi connectivity index (χ1v) is 9.55. The molecule has 6 nitrogen and oxygen atoms in total. The molecule has 0 aliphatic rings. The third-order valence-electron chi connectivity index (χ3n) is 4.32. The highest BCUT2D eigenvalue weighted by Crippen LogP contribution is 2.18. The Hall–Kier alpha value is -1.56. The van der Waals surface area contributed by atoms with Crippen LogP contribution in [-0.2, 0) is 13.6 Å². The number of hydrogen-bond donors (Lipinski definition) is 2. The quantitative estimate of drug-likeness (QED) is 0.502. The largest absolute Gasteiger partial charge is 0.396 e. The van der Waals surface area contributed by atoms with Crippen molar-refractivity contribution in [1.82, 2.24) is 20.0 Å². The fourth-order valence-corrected chi connectivity index (χ4v) is 3.10. The van der Waals surface area contributed by atoms with Crippen molar-refractivity contribution >= 4 is 5.96 Å². The van der Waals surface area contributed by atoms with Crippen LogP contribution in [0.4, 0.5) is 0 Å². The fraction of sp³-hybridized carbons (Fsp3) is 0.789. The van der Waals surface area contributed by atoms with Gasteiger partial charge < -0.3 is 15.3 Å². The second-order valence-electron chi connectivity index (χ2n) is 7.09. The van der Waals surface area contributed by atoms with Crippen molar-refractivity contribution in [2.45, 2.75) is 59.4 Å². The number of nitrogens with zero attached hydrogens (tertiary/aromatic N) is 4. The van der Waals surface area contributed by atoms with E-state index >= 15 is 0 Å². The highest BCUT2D eigenvalue weighted by molar-refractivity contribution is 5.79. The Morgan fingerprint density at radius 3 is 2.64 bits per heavy atom. The van der Waals surface area contributed by atoms with E-state index in [1.807, 2.05) is 11.7 Å². The van der Waals surface area contributed by atoms with Gasteiger partial charge in [-0.2, -0.15) is 5.10 Å². The number of rotatable bonds is 10. The molecule has 0 bridgehead atoms. The zero-order valence-electron chi connectivity index (χ0n) is 16.9. The first kappa shape index (κ1) is 21.5. The van der Waals surface area contributed by atoms with E-state index in [1.165, 1.54) is 5.56 Å². The number of aliphatic hydroxyl groups excluding tert-OH is 1. The summed E-state index contributed by atoms with van der Waals surface area (Å²) in [7, 11) is 4.04. The molecule has 0 radical (unpaired) electrons. The van der Waals surface area contributed by atoms with Crippen LogP contribution in [0.15, 0.2) is 11.2 Å². The van der Waals surface area contributed by atoms with Gasteiger partial charge in [-0.3, -0.25) is 9.67 Å². The average Bonchev–Trinajstić information content (AvgIpc) is 2.92. The van der Waals surface area contributed by atoms with Gasteiger partial charge in [-0.1, -0.05) is 27.2 Å². The summed E-state index contributed by atoms with van der Waals surface area (Å²) in [5, 5.41) is 17.2. The van der Waals surface area contributed by atoms with Crippen LogP contribution in [0, 0.1) is 5.92 Å². The number of nitrogens with one attached hydrogen (secondary N) is 1. The van der Waals surface area contributed by atoms with Crippen molar-refractivity contribution < 1.29 is 5.11 Å². The summed E-state index contributed by atoms with van der Waals surface area (Å²) in [6.45, 7) is 11.2. The van der Waals surface area contributed by atoms with Crippen LogP contribution in [0.5, 0.6) is 0 Å². The fourth-order valence-electron chi connectivity index (χ4n) is 3.10. The molecule has 0 saturated carbocycles. The SMILES string of the molecule is CCCC(CCO)CN=C(NCC)N(C)Cc1cn(C)nc1C(C)C. The van der Waals surface area contributed by atoms with Gasteiger partial charge in [-0.05, 0) is 31.6 Å². The minimum Gasteiger partial charge on any atom is -0.396 e. The van der Waals surface area contributed by atoms with Crippen molar-refractivity contribution in [2.24, 2.45) is 18.0 Å². The summed E-state index contributed by atoms with van der Waals surface area (Å²) in [5.74, 6) is 1.77. The summed E-state index contributed by atoms with van der Waals surface area (Å²) in [6, 6.07) is 0. The van der Waals surface area contributed by atoms with Gasteiger partial charge in [0.1, 0.15) is 0 Å². The van der Waals surface area contributed by atoms with E-state index in [0.717, 1.165) is 50.6 Å². The average molecular weight is 352 g/mol. The Bertz CT molecular complexity index is 518. The minimum atomic E-state index is 0.236. The lowest BCUT2D eigenvalue weighted by molar-refractivity contribution is 0.253. The Balaban J connectivity index is 2.85. The predicted molar refractivity (Wildman–Crippen MR) is 105 cm³/mol. The molecule has 6 heteroatoms. The van der Waals surface area contributed by atoms with E-state index in [0.29, 0.717) is 11.8 Å². The highest BCUT2D eigenvalue weighted by atomic mass is 16.3. The maximum absolute atomic E-state index is 9.24. The molecule has 0 fully saturated rings. The summed E-state index contributed by atoms with van der Waals surface area (Å²) in [6.07, 6.45) is 5.15. The van der Waals surface area contributed by atoms with Gasteiger partial charge in [0.25, 0.3) is 0 Å². The predicted octanol–water partition coefficient (Wildman–Crippen LogP) is 2.74. The minimum absolute atomic E-state index is 0.236. The first-order valence-electron chi connectivity index (χ1n) is 9.55. The third-order valence-corrected chi connectivity index (χ3v) is 4.32. The normalized spacial score (nSPS) is 13.4. The van der Waals surface area contributed by atoms with Crippen LogP contribution in [0.25, 0.3) is 0 Å². The molecule has 0 spiro atoms. The lowest BCUT2D eigenvalue weighted by Gasteiger charge is -2.23. The van der Waals surface area contributed by atoms with Gasteiger partial charge in [0.2, 0.25) is 0 Å². The zero-order chi connectivity index (χ0) is 18.8. The molecular weight excluding hydrogens is 314 g/mol. The molecule has 2 N–H and O–H groups in total. The second kappa shape index (κ2) is 11.1. The number of hydrogen-bond acceptors (Lipinski definition) is 3. The lowest BCUT2D eigenvalue weighted by Crippen LogP contribution is -2.39. The first-order chi connectivity index (χ1) is 11.9. The van der Waals surface area contributed by atoms with E-state index < -0.39 is 0 Å². The molecule has 25 heavy (non-hydrogen) atoms. The Labute approximate surface area is 153 Å². The molecule has 0 saturated heterocycles. The number of guanidine groups is 1. The molecule has 1 aromatic rings. The Morgan fingerprint density at radius 2 is 2.08 bits per heavy atom. The highest BCUT2D eigenvalue weighted by Gasteiger charge is 2.15. The Morgan fingerprint density at radius 1 is 1.36 bits per heavy atom. The molecule has 0 amide bonds. The maximum atomic E-state index is 9.24. The van der Waals surface area contributed by atoms with Gasteiger partial charge in [0.05, 0.1) is 5.69 Å². The van der Waals surface area contributed by atoms with Gasteiger partial charge in [0, 0.05) is 52.1 Å². The van der Waals surface area contributed by atoms with E-state index in [-0.39, 0.29) is 6.61 Å². The number of aliphatic hydroxyl groups is 1. The summed E-state index contributed by atoms with van der Waals surface area (Å²) >= 11 is 0. The van der Waals surface area contributed by atoms with Crippen LogP contribution in [-0.4, -0.2) is 52.5 Å². The molecule has 144 valence electrons. The molecule has 1 atom stereocenters. The zero-order valence-corrected chi connectivity index (χ0v) is 16.9. The molecule has 1 rings (SSSR count). The number of aliphatic imine (C=N–C) groups is 1. The van der Waals surface area contributed by atoms with Crippen LogP contribution in [0.1, 0.15) is 64.1 Å². The van der Waals surface area contributed by atoms with Gasteiger partial charge in [0.15, 0.2) is 5.96 Å². The third kappa shape index (κ3) is 7.06. The summed E-state index contributed by atoms with van der Waals surface area (Å²) in [4.78, 5) is 6.98. The van der Waals surface area contributed by atoms with Crippen molar-refractivity contribution in [3.63, 3.8) is 0 Å². The molecule has 0 aromatic carbocycles. The topological polar surface area (TPSA) is 65.7 Å². The summed E-state index contributed by atoms with van der Waals surface area (Å²) < 4.78 is 1.89. The smallest absolute Gasteiger partial charge is 0.193 e. The van der Waals surface area contributed by atoms with Crippen molar-refractivity contribution in [1.29, 1.82) is 0 Å². The van der Waals surface area contributed by atoms with Gasteiger partial charge in [-0.25, -0.2) is 0 Å². The molecular formula is C19H37N5O. The monoisotopic (exact) mass is 351 g/mol.